The molecule has 4 heterocycles. The third kappa shape index (κ3) is 8.08. The van der Waals surface area contributed by atoms with Crippen molar-refractivity contribution in [3.05, 3.63) is 0 Å². The Labute approximate surface area is 288 Å². The Morgan fingerprint density at radius 1 is 1.06 bits per heavy atom. The fraction of sp³-hybridized carbons (Fsp3) is 0.946. The summed E-state index contributed by atoms with van der Waals surface area (Å²) in [7, 11) is 1.53. The number of aliphatic hydroxyl groups is 1. The van der Waals surface area contributed by atoms with Crippen molar-refractivity contribution in [3.63, 3.8) is 0 Å². The molecule has 0 bridgehead atoms. The number of hydrogen-bond donors (Lipinski definition) is 2. The molecule has 11 heteroatoms. The molecule has 11 nitrogen and oxygen atoms in total. The van der Waals surface area contributed by atoms with Gasteiger partial charge in [-0.05, 0) is 64.2 Å². The molecule has 4 saturated heterocycles. The van der Waals surface area contributed by atoms with Gasteiger partial charge in [0.15, 0.2) is 12.6 Å². The number of ether oxygens (including phenoxy) is 7. The summed E-state index contributed by atoms with van der Waals surface area (Å²) in [4.78, 5) is 23.3. The fourth-order valence-corrected chi connectivity index (χ4v) is 9.39. The minimum absolute atomic E-state index is 0.0816. The van der Waals surface area contributed by atoms with Crippen molar-refractivity contribution >= 4 is 11.9 Å². The predicted molar refractivity (Wildman–Crippen MR) is 178 cm³/mol. The first-order valence-electron chi connectivity index (χ1n) is 18.5. The molecule has 48 heavy (non-hydrogen) atoms. The van der Waals surface area contributed by atoms with Crippen molar-refractivity contribution in [1.82, 2.24) is 0 Å². The maximum Gasteiger partial charge on any atom is 0.308 e. The Balaban J connectivity index is 1.47. The predicted octanol–water partition coefficient (Wildman–Crippen LogP) is 5.87. The number of carboxylic acids is 1. The van der Waals surface area contributed by atoms with Crippen molar-refractivity contribution in [1.29, 1.82) is 0 Å². The largest absolute Gasteiger partial charge is 0.481 e. The standard InChI is InChI=1S/C37H64O11/c1-11-13-21(3)30(44-20-43-26(8)38)28-18-22(4)33(45-28)36(12-2)15-14-29(46-36)35(9)16-17-37(48-35)19-27(39)23(5)32(47-37)24(6)31(42-10)25(7)34(40)41/h21-25,27-33,39H,11-20H2,1-10H3,(H,40,41)/t21?,22?,23-,24?,25?,27?,28?,29-,30?,31-,32?,33?,35+,36+,37?/m1/s1. The molecule has 1 spiro atoms. The zero-order chi connectivity index (χ0) is 35.6. The molecule has 4 rings (SSSR count). The summed E-state index contributed by atoms with van der Waals surface area (Å²) in [5.74, 6) is -3.04. The lowest BCUT2D eigenvalue weighted by Crippen LogP contribution is -2.57. The molecular weight excluding hydrogens is 620 g/mol. The highest BCUT2D eigenvalue weighted by Crippen LogP contribution is 2.54. The number of esters is 1. The SMILES string of the molecule is CCCC(C)C(OCOC(C)=O)C1CC(C)C([C@]2(CC)CC[C@H]([C@]3(C)CCC4(CC(O)[C@@H](C)C(C(C)[C@@H](OC)C(C)C(=O)O)O4)O3)O2)O1. The van der Waals surface area contributed by atoms with Crippen LogP contribution in [0.25, 0.3) is 0 Å². The van der Waals surface area contributed by atoms with E-state index in [9.17, 15) is 19.8 Å². The quantitative estimate of drug-likeness (QED) is 0.158. The molecule has 0 radical (unpaired) electrons. The van der Waals surface area contributed by atoms with E-state index in [1.54, 1.807) is 6.92 Å². The van der Waals surface area contributed by atoms with Gasteiger partial charge >= 0.3 is 11.9 Å². The molecule has 10 unspecified atom stereocenters. The van der Waals surface area contributed by atoms with Crippen molar-refractivity contribution in [2.75, 3.05) is 13.9 Å². The lowest BCUT2D eigenvalue weighted by Gasteiger charge is -2.48. The van der Waals surface area contributed by atoms with Gasteiger partial charge in [0.1, 0.15) is 0 Å². The smallest absolute Gasteiger partial charge is 0.308 e. The minimum Gasteiger partial charge on any atom is -0.481 e. The molecule has 15 atom stereocenters. The Bertz CT molecular complexity index is 1090. The summed E-state index contributed by atoms with van der Waals surface area (Å²) in [5.41, 5.74) is -1.11. The van der Waals surface area contributed by atoms with Crippen LogP contribution in [-0.2, 0) is 42.7 Å². The highest BCUT2D eigenvalue weighted by Gasteiger charge is 2.61. The monoisotopic (exact) mass is 684 g/mol. The van der Waals surface area contributed by atoms with Gasteiger partial charge in [0.05, 0.1) is 59.8 Å². The van der Waals surface area contributed by atoms with E-state index in [4.69, 9.17) is 33.2 Å². The summed E-state index contributed by atoms with van der Waals surface area (Å²) in [6, 6.07) is 0. The van der Waals surface area contributed by atoms with Crippen LogP contribution in [0.3, 0.4) is 0 Å². The number of carbonyl (C=O) groups is 2. The molecule has 2 N–H and O–H groups in total. The molecule has 0 aromatic heterocycles. The minimum atomic E-state index is -0.991. The Morgan fingerprint density at radius 2 is 1.77 bits per heavy atom. The lowest BCUT2D eigenvalue weighted by atomic mass is 9.78. The first kappa shape index (κ1) is 39.4. The Kier molecular flexibility index (Phi) is 13.1. The molecule has 4 aliphatic heterocycles. The number of rotatable bonds is 15. The van der Waals surface area contributed by atoms with Crippen LogP contribution < -0.4 is 0 Å². The van der Waals surface area contributed by atoms with Crippen molar-refractivity contribution in [3.8, 4) is 0 Å². The summed E-state index contributed by atoms with van der Waals surface area (Å²) >= 11 is 0. The Morgan fingerprint density at radius 3 is 2.38 bits per heavy atom. The van der Waals surface area contributed by atoms with Crippen LogP contribution in [0.15, 0.2) is 0 Å². The summed E-state index contributed by atoms with van der Waals surface area (Å²) in [6.07, 6.45) is 4.64. The van der Waals surface area contributed by atoms with Crippen LogP contribution in [0.5, 0.6) is 0 Å². The van der Waals surface area contributed by atoms with E-state index in [-0.39, 0.29) is 60.8 Å². The van der Waals surface area contributed by atoms with Crippen molar-refractivity contribution in [2.24, 2.45) is 29.6 Å². The number of carbonyl (C=O) groups excluding carboxylic acids is 1. The summed E-state index contributed by atoms with van der Waals surface area (Å²) < 4.78 is 44.7. The highest BCUT2D eigenvalue weighted by atomic mass is 16.7. The molecule has 0 aliphatic carbocycles. The second-order valence-electron chi connectivity index (χ2n) is 15.7. The highest BCUT2D eigenvalue weighted by molar-refractivity contribution is 5.70. The number of carboxylic acid groups (broad SMARTS) is 1. The third-order valence-corrected chi connectivity index (χ3v) is 12.2. The zero-order valence-electron chi connectivity index (χ0n) is 31.1. The zero-order valence-corrected chi connectivity index (χ0v) is 31.1. The summed E-state index contributed by atoms with van der Waals surface area (Å²) in [5, 5.41) is 21.0. The van der Waals surface area contributed by atoms with Gasteiger partial charge < -0.3 is 43.4 Å². The molecule has 4 fully saturated rings. The second kappa shape index (κ2) is 15.9. The number of aliphatic hydroxyl groups excluding tert-OH is 1. The maximum atomic E-state index is 11.8. The van der Waals surface area contributed by atoms with Crippen LogP contribution in [0, 0.1) is 29.6 Å². The van der Waals surface area contributed by atoms with E-state index < -0.39 is 47.2 Å². The van der Waals surface area contributed by atoms with E-state index >= 15 is 0 Å². The number of methoxy groups -OCH3 is 1. The summed E-state index contributed by atoms with van der Waals surface area (Å²) in [6.45, 7) is 17.7. The van der Waals surface area contributed by atoms with Gasteiger partial charge in [-0.2, -0.15) is 0 Å². The first-order valence-corrected chi connectivity index (χ1v) is 18.5. The van der Waals surface area contributed by atoms with Gasteiger partial charge in [0.2, 0.25) is 0 Å². The molecular formula is C37H64O11. The van der Waals surface area contributed by atoms with Crippen LogP contribution in [0.4, 0.5) is 0 Å². The average Bonchev–Trinajstić information content (AvgIpc) is 3.74. The average molecular weight is 685 g/mol. The normalized spacial score (nSPS) is 41.6. The van der Waals surface area contributed by atoms with Gasteiger partial charge in [-0.15, -0.1) is 0 Å². The molecule has 278 valence electrons. The molecule has 0 saturated carbocycles. The lowest BCUT2D eigenvalue weighted by molar-refractivity contribution is -0.335. The first-order chi connectivity index (χ1) is 22.6. The van der Waals surface area contributed by atoms with Gasteiger partial charge in [-0.1, -0.05) is 48.0 Å². The van der Waals surface area contributed by atoms with Gasteiger partial charge in [-0.25, -0.2) is 0 Å². The molecule has 4 aliphatic rings. The van der Waals surface area contributed by atoms with Gasteiger partial charge in [0.25, 0.3) is 0 Å². The van der Waals surface area contributed by atoms with Crippen LogP contribution in [0.2, 0.25) is 0 Å². The second-order valence-corrected chi connectivity index (χ2v) is 15.7. The van der Waals surface area contributed by atoms with E-state index in [0.29, 0.717) is 19.3 Å². The van der Waals surface area contributed by atoms with E-state index in [0.717, 1.165) is 38.5 Å². The van der Waals surface area contributed by atoms with E-state index in [1.807, 2.05) is 13.8 Å². The molecule has 0 aromatic carbocycles. The van der Waals surface area contributed by atoms with Crippen molar-refractivity contribution < 1.29 is 53.0 Å². The molecule has 0 amide bonds. The van der Waals surface area contributed by atoms with E-state index in [1.165, 1.54) is 14.0 Å². The van der Waals surface area contributed by atoms with Crippen molar-refractivity contribution in [2.45, 2.75) is 180 Å². The van der Waals surface area contributed by atoms with Gasteiger partial charge in [-0.3, -0.25) is 9.59 Å². The fourth-order valence-electron chi connectivity index (χ4n) is 9.39. The van der Waals surface area contributed by atoms with Crippen LogP contribution in [0.1, 0.15) is 120 Å². The van der Waals surface area contributed by atoms with Gasteiger partial charge in [0, 0.05) is 38.7 Å². The van der Waals surface area contributed by atoms with Crippen LogP contribution >= 0.6 is 0 Å². The number of hydrogen-bond acceptors (Lipinski definition) is 10. The third-order valence-electron chi connectivity index (χ3n) is 12.2. The topological polar surface area (TPSA) is 139 Å². The van der Waals surface area contributed by atoms with Crippen LogP contribution in [-0.4, -0.2) is 95.8 Å². The maximum absolute atomic E-state index is 11.8. The Hall–Kier alpha value is -1.34. The molecule has 0 aromatic rings. The van der Waals surface area contributed by atoms with E-state index in [2.05, 4.69) is 34.6 Å². The number of aliphatic carboxylic acids is 1.